The average Bonchev–Trinajstić information content (AvgIpc) is 2.25. The van der Waals surface area contributed by atoms with E-state index in [1.165, 1.54) is 6.07 Å². The third-order valence-electron chi connectivity index (χ3n) is 2.18. The van der Waals surface area contributed by atoms with Gasteiger partial charge in [-0.1, -0.05) is 15.9 Å². The molecule has 0 radical (unpaired) electrons. The summed E-state index contributed by atoms with van der Waals surface area (Å²) in [5.74, 6) is 0. The molecule has 0 amide bonds. The minimum absolute atomic E-state index is 0.0907. The lowest BCUT2D eigenvalue weighted by Gasteiger charge is -2.18. The molecule has 0 N–H and O–H groups in total. The molecule has 0 aliphatic rings. The van der Waals surface area contributed by atoms with Crippen molar-refractivity contribution in [3.05, 3.63) is 32.8 Å². The van der Waals surface area contributed by atoms with Crippen LogP contribution in [0, 0.1) is 10.1 Å². The first kappa shape index (κ1) is 12.9. The fourth-order valence-corrected chi connectivity index (χ4v) is 1.66. The lowest BCUT2D eigenvalue weighted by molar-refractivity contribution is -0.384. The van der Waals surface area contributed by atoms with Gasteiger partial charge in [-0.2, -0.15) is 0 Å². The number of hydrogen-bond donors (Lipinski definition) is 0. The zero-order chi connectivity index (χ0) is 12.1. The Morgan fingerprint density at radius 2 is 2.25 bits per heavy atom. The van der Waals surface area contributed by atoms with Gasteiger partial charge in [-0.05, 0) is 12.1 Å². The number of halogens is 1. The third-order valence-corrected chi connectivity index (χ3v) is 2.67. The van der Waals surface area contributed by atoms with Gasteiger partial charge in [0, 0.05) is 31.2 Å². The molecule has 0 saturated carbocycles. The Bertz CT molecular complexity index is 384. The van der Waals surface area contributed by atoms with Crippen molar-refractivity contribution in [1.29, 1.82) is 0 Å². The molecule has 6 heteroatoms. The van der Waals surface area contributed by atoms with Crippen molar-refractivity contribution in [3.63, 3.8) is 0 Å². The molecule has 0 saturated heterocycles. The number of ether oxygens (including phenoxy) is 1. The van der Waals surface area contributed by atoms with E-state index in [-0.39, 0.29) is 10.6 Å². The number of rotatable bonds is 5. The van der Waals surface area contributed by atoms with E-state index in [9.17, 15) is 10.1 Å². The highest BCUT2D eigenvalue weighted by Crippen LogP contribution is 2.30. The number of hydrogen-bond acceptors (Lipinski definition) is 4. The van der Waals surface area contributed by atoms with E-state index in [4.69, 9.17) is 4.74 Å². The molecule has 0 aliphatic carbocycles. The average molecular weight is 289 g/mol. The number of nitro groups is 1. The van der Waals surface area contributed by atoms with E-state index < -0.39 is 0 Å². The number of nitrogens with zero attached hydrogens (tertiary/aromatic N) is 2. The number of anilines is 1. The molecule has 0 atom stereocenters. The Balaban J connectivity index is 2.98. The maximum Gasteiger partial charge on any atom is 0.293 e. The van der Waals surface area contributed by atoms with Crippen LogP contribution in [0.15, 0.2) is 22.7 Å². The van der Waals surface area contributed by atoms with Gasteiger partial charge in [-0.3, -0.25) is 10.1 Å². The fourth-order valence-electron chi connectivity index (χ4n) is 1.31. The minimum atomic E-state index is -0.386. The van der Waals surface area contributed by atoms with Crippen molar-refractivity contribution in [2.24, 2.45) is 0 Å². The Hall–Kier alpha value is -1.14. The summed E-state index contributed by atoms with van der Waals surface area (Å²) < 4.78 is 5.63. The van der Waals surface area contributed by atoms with E-state index in [2.05, 4.69) is 15.9 Å². The first-order chi connectivity index (χ1) is 7.56. The van der Waals surface area contributed by atoms with Crippen LogP contribution in [0.3, 0.4) is 0 Å². The Morgan fingerprint density at radius 3 is 2.81 bits per heavy atom. The molecule has 0 fully saturated rings. The Labute approximate surface area is 102 Å². The smallest absolute Gasteiger partial charge is 0.293 e. The van der Waals surface area contributed by atoms with Crippen LogP contribution in [0.4, 0.5) is 11.4 Å². The van der Waals surface area contributed by atoms with Crippen molar-refractivity contribution in [2.45, 2.75) is 0 Å². The van der Waals surface area contributed by atoms with E-state index >= 15 is 0 Å². The van der Waals surface area contributed by atoms with Crippen molar-refractivity contribution in [1.82, 2.24) is 0 Å². The highest BCUT2D eigenvalue weighted by Gasteiger charge is 2.17. The van der Waals surface area contributed by atoms with Gasteiger partial charge >= 0.3 is 0 Å². The number of likely N-dealkylation sites (N-methyl/N-ethyl adjacent to an activating group) is 1. The quantitative estimate of drug-likeness (QED) is 0.617. The molecule has 0 unspecified atom stereocenters. The van der Waals surface area contributed by atoms with Crippen LogP contribution < -0.4 is 4.90 Å². The summed E-state index contributed by atoms with van der Waals surface area (Å²) in [7, 11) is 3.40. The van der Waals surface area contributed by atoms with Gasteiger partial charge < -0.3 is 9.64 Å². The second-order valence-electron chi connectivity index (χ2n) is 3.30. The van der Waals surface area contributed by atoms with E-state index in [1.807, 2.05) is 0 Å². The lowest BCUT2D eigenvalue weighted by Crippen LogP contribution is -2.22. The van der Waals surface area contributed by atoms with Gasteiger partial charge in [0.1, 0.15) is 5.69 Å². The standard InChI is InChI=1S/C10H13BrN2O3/c1-12(5-6-16-2)9-4-3-8(11)7-10(9)13(14)15/h3-4,7H,5-6H2,1-2H3. The number of nitro benzene ring substituents is 1. The van der Waals surface area contributed by atoms with Crippen LogP contribution in [0.2, 0.25) is 0 Å². The molecule has 1 rings (SSSR count). The fraction of sp³-hybridized carbons (Fsp3) is 0.400. The maximum atomic E-state index is 10.9. The van der Waals surface area contributed by atoms with Gasteiger partial charge in [0.15, 0.2) is 0 Å². The van der Waals surface area contributed by atoms with Crippen LogP contribution in [-0.2, 0) is 4.74 Å². The largest absolute Gasteiger partial charge is 0.383 e. The van der Waals surface area contributed by atoms with Gasteiger partial charge in [0.25, 0.3) is 5.69 Å². The van der Waals surface area contributed by atoms with Crippen molar-refractivity contribution >= 4 is 27.3 Å². The molecule has 0 aromatic heterocycles. The van der Waals surface area contributed by atoms with Crippen LogP contribution >= 0.6 is 15.9 Å². The van der Waals surface area contributed by atoms with Gasteiger partial charge in [-0.15, -0.1) is 0 Å². The number of benzene rings is 1. The van der Waals surface area contributed by atoms with Crippen molar-refractivity contribution in [3.8, 4) is 0 Å². The summed E-state index contributed by atoms with van der Waals surface area (Å²) in [5, 5.41) is 10.9. The summed E-state index contributed by atoms with van der Waals surface area (Å²) in [6.45, 7) is 1.14. The van der Waals surface area contributed by atoms with Crippen molar-refractivity contribution < 1.29 is 9.66 Å². The first-order valence-corrected chi connectivity index (χ1v) is 5.49. The molecule has 16 heavy (non-hydrogen) atoms. The number of methoxy groups -OCH3 is 1. The molecule has 1 aromatic rings. The first-order valence-electron chi connectivity index (χ1n) is 4.70. The summed E-state index contributed by atoms with van der Waals surface area (Å²) in [6.07, 6.45) is 0. The molecular weight excluding hydrogens is 276 g/mol. The van der Waals surface area contributed by atoms with Crippen LogP contribution in [0.5, 0.6) is 0 Å². The zero-order valence-corrected chi connectivity index (χ0v) is 10.7. The summed E-state index contributed by atoms with van der Waals surface area (Å²) in [4.78, 5) is 12.3. The second kappa shape index (κ2) is 5.81. The second-order valence-corrected chi connectivity index (χ2v) is 4.22. The molecule has 0 aliphatic heterocycles. The van der Waals surface area contributed by atoms with E-state index in [1.54, 1.807) is 31.2 Å². The molecule has 0 spiro atoms. The highest BCUT2D eigenvalue weighted by molar-refractivity contribution is 9.10. The molecule has 88 valence electrons. The summed E-state index contributed by atoms with van der Waals surface area (Å²) in [6, 6.07) is 5.00. The lowest BCUT2D eigenvalue weighted by atomic mass is 10.2. The van der Waals surface area contributed by atoms with E-state index in [0.717, 1.165) is 0 Å². The maximum absolute atomic E-state index is 10.9. The Morgan fingerprint density at radius 1 is 1.56 bits per heavy atom. The van der Waals surface area contributed by atoms with Gasteiger partial charge in [0.05, 0.1) is 11.5 Å². The predicted octanol–water partition coefficient (Wildman–Crippen LogP) is 2.44. The van der Waals surface area contributed by atoms with Gasteiger partial charge in [0.2, 0.25) is 0 Å². The summed E-state index contributed by atoms with van der Waals surface area (Å²) >= 11 is 3.22. The molecular formula is C10H13BrN2O3. The third kappa shape index (κ3) is 3.18. The highest BCUT2D eigenvalue weighted by atomic mass is 79.9. The molecule has 0 heterocycles. The minimum Gasteiger partial charge on any atom is -0.383 e. The van der Waals surface area contributed by atoms with Gasteiger partial charge in [-0.25, -0.2) is 0 Å². The molecule has 5 nitrogen and oxygen atoms in total. The molecule has 0 bridgehead atoms. The van der Waals surface area contributed by atoms with E-state index in [0.29, 0.717) is 23.3 Å². The normalized spacial score (nSPS) is 10.2. The molecule has 1 aromatic carbocycles. The SMILES string of the molecule is COCCN(C)c1ccc(Br)cc1[N+](=O)[O-]. The zero-order valence-electron chi connectivity index (χ0n) is 9.14. The van der Waals surface area contributed by atoms with Crippen LogP contribution in [0.25, 0.3) is 0 Å². The van der Waals surface area contributed by atoms with Crippen molar-refractivity contribution in [2.75, 3.05) is 32.2 Å². The van der Waals surface area contributed by atoms with Crippen LogP contribution in [0.1, 0.15) is 0 Å². The topological polar surface area (TPSA) is 55.6 Å². The van der Waals surface area contributed by atoms with Crippen LogP contribution in [-0.4, -0.2) is 32.2 Å². The predicted molar refractivity (Wildman–Crippen MR) is 65.9 cm³/mol. The Kier molecular flexibility index (Phi) is 4.70. The monoisotopic (exact) mass is 288 g/mol. The summed E-state index contributed by atoms with van der Waals surface area (Å²) in [5.41, 5.74) is 0.679.